The van der Waals surface area contributed by atoms with Gasteiger partial charge < -0.3 is 9.84 Å². The van der Waals surface area contributed by atoms with E-state index >= 15 is 0 Å². The molecular weight excluding hydrogens is 156 g/mol. The van der Waals surface area contributed by atoms with Gasteiger partial charge in [0.05, 0.1) is 12.7 Å². The Morgan fingerprint density at radius 2 is 2.33 bits per heavy atom. The fourth-order valence-corrected chi connectivity index (χ4v) is 2.09. The maximum atomic E-state index is 11.2. The summed E-state index contributed by atoms with van der Waals surface area (Å²) in [5.74, 6) is -0.174. The standard InChI is InChI=1S/C9H12O3/c1-5-4-7(10)6-2-3-12-9(11)8(5)6/h6-7,10H,2-4H2,1H3. The number of cyclic esters (lactones) is 1. The number of ether oxygens (including phenoxy) is 1. The lowest BCUT2D eigenvalue weighted by Gasteiger charge is -2.22. The second-order valence-corrected chi connectivity index (χ2v) is 3.50. The second kappa shape index (κ2) is 2.59. The monoisotopic (exact) mass is 168 g/mol. The van der Waals surface area contributed by atoms with Gasteiger partial charge >= 0.3 is 5.97 Å². The van der Waals surface area contributed by atoms with Crippen molar-refractivity contribution in [3.05, 3.63) is 11.1 Å². The molecular formula is C9H12O3. The van der Waals surface area contributed by atoms with E-state index in [9.17, 15) is 9.90 Å². The first-order valence-electron chi connectivity index (χ1n) is 4.25. The Hall–Kier alpha value is -0.830. The molecule has 0 aromatic rings. The second-order valence-electron chi connectivity index (χ2n) is 3.50. The van der Waals surface area contributed by atoms with Gasteiger partial charge in [-0.05, 0) is 19.8 Å². The Morgan fingerprint density at radius 1 is 1.58 bits per heavy atom. The molecule has 0 radical (unpaired) electrons. The number of hydrogen-bond donors (Lipinski definition) is 1. The fourth-order valence-electron chi connectivity index (χ4n) is 2.09. The molecule has 1 saturated heterocycles. The molecule has 0 amide bonds. The third-order valence-corrected chi connectivity index (χ3v) is 2.69. The van der Waals surface area contributed by atoms with E-state index in [2.05, 4.69) is 0 Å². The number of carbonyl (C=O) groups is 1. The van der Waals surface area contributed by atoms with Gasteiger partial charge in [0.15, 0.2) is 0 Å². The quantitative estimate of drug-likeness (QED) is 0.540. The van der Waals surface area contributed by atoms with Gasteiger partial charge in [-0.2, -0.15) is 0 Å². The predicted molar refractivity (Wildman–Crippen MR) is 42.4 cm³/mol. The van der Waals surface area contributed by atoms with Crippen LogP contribution < -0.4 is 0 Å². The van der Waals surface area contributed by atoms with Gasteiger partial charge in [-0.1, -0.05) is 5.57 Å². The van der Waals surface area contributed by atoms with Gasteiger partial charge in [-0.15, -0.1) is 0 Å². The van der Waals surface area contributed by atoms with Crippen LogP contribution in [0.2, 0.25) is 0 Å². The zero-order valence-corrected chi connectivity index (χ0v) is 7.04. The van der Waals surface area contributed by atoms with E-state index in [0.29, 0.717) is 13.0 Å². The van der Waals surface area contributed by atoms with E-state index in [1.54, 1.807) is 0 Å². The van der Waals surface area contributed by atoms with Crippen molar-refractivity contribution in [2.24, 2.45) is 5.92 Å². The van der Waals surface area contributed by atoms with Gasteiger partial charge in [0, 0.05) is 11.5 Å². The molecule has 2 rings (SSSR count). The smallest absolute Gasteiger partial charge is 0.334 e. The van der Waals surface area contributed by atoms with E-state index in [0.717, 1.165) is 17.6 Å². The largest absolute Gasteiger partial charge is 0.462 e. The first-order chi connectivity index (χ1) is 5.70. The topological polar surface area (TPSA) is 46.5 Å². The number of fused-ring (bicyclic) bond motifs is 1. The van der Waals surface area contributed by atoms with Crippen molar-refractivity contribution < 1.29 is 14.6 Å². The molecule has 3 heteroatoms. The Bertz CT molecular complexity index is 254. The van der Waals surface area contributed by atoms with Crippen LogP contribution in [-0.2, 0) is 9.53 Å². The summed E-state index contributed by atoms with van der Waals surface area (Å²) in [4.78, 5) is 11.2. The normalized spacial score (nSPS) is 35.0. The molecule has 1 aliphatic carbocycles. The zero-order chi connectivity index (χ0) is 8.72. The summed E-state index contributed by atoms with van der Waals surface area (Å²) in [6, 6.07) is 0. The van der Waals surface area contributed by atoms with Crippen LogP contribution in [0.4, 0.5) is 0 Å². The average molecular weight is 168 g/mol. The first kappa shape index (κ1) is 7.80. The molecule has 2 atom stereocenters. The van der Waals surface area contributed by atoms with Crippen LogP contribution in [0.15, 0.2) is 11.1 Å². The van der Waals surface area contributed by atoms with Crippen LogP contribution in [0.3, 0.4) is 0 Å². The molecule has 0 bridgehead atoms. The summed E-state index contributed by atoms with van der Waals surface area (Å²) in [6.07, 6.45) is 1.06. The van der Waals surface area contributed by atoms with Crippen molar-refractivity contribution in [3.63, 3.8) is 0 Å². The lowest BCUT2D eigenvalue weighted by Crippen LogP contribution is -2.28. The van der Waals surface area contributed by atoms with Gasteiger partial charge in [-0.25, -0.2) is 4.79 Å². The molecule has 0 aromatic carbocycles. The molecule has 0 saturated carbocycles. The SMILES string of the molecule is CC1=C2C(=O)OCCC2C(O)C1. The highest BCUT2D eigenvalue weighted by molar-refractivity contribution is 5.91. The molecule has 2 aliphatic rings. The summed E-state index contributed by atoms with van der Waals surface area (Å²) in [5, 5.41) is 9.56. The summed E-state index contributed by atoms with van der Waals surface area (Å²) in [5.41, 5.74) is 1.73. The molecule has 0 aromatic heterocycles. The molecule has 66 valence electrons. The summed E-state index contributed by atoms with van der Waals surface area (Å²) < 4.78 is 4.90. The maximum absolute atomic E-state index is 11.2. The minimum absolute atomic E-state index is 0.0475. The molecule has 0 spiro atoms. The highest BCUT2D eigenvalue weighted by Gasteiger charge is 2.38. The van der Waals surface area contributed by atoms with Gasteiger partial charge in [-0.3, -0.25) is 0 Å². The van der Waals surface area contributed by atoms with Crippen molar-refractivity contribution in [1.29, 1.82) is 0 Å². The van der Waals surface area contributed by atoms with Crippen LogP contribution in [0.1, 0.15) is 19.8 Å². The summed E-state index contributed by atoms with van der Waals surface area (Å²) >= 11 is 0. The van der Waals surface area contributed by atoms with Crippen molar-refractivity contribution >= 4 is 5.97 Å². The van der Waals surface area contributed by atoms with Crippen molar-refractivity contribution in [1.82, 2.24) is 0 Å². The zero-order valence-electron chi connectivity index (χ0n) is 7.04. The van der Waals surface area contributed by atoms with E-state index in [4.69, 9.17) is 4.74 Å². The van der Waals surface area contributed by atoms with Crippen molar-refractivity contribution in [2.45, 2.75) is 25.9 Å². The van der Waals surface area contributed by atoms with E-state index in [-0.39, 0.29) is 18.0 Å². The Morgan fingerprint density at radius 3 is 3.00 bits per heavy atom. The number of hydrogen-bond acceptors (Lipinski definition) is 3. The molecule has 12 heavy (non-hydrogen) atoms. The number of rotatable bonds is 0. The first-order valence-corrected chi connectivity index (χ1v) is 4.25. The van der Waals surface area contributed by atoms with Gasteiger partial charge in [0.2, 0.25) is 0 Å². The lowest BCUT2D eigenvalue weighted by molar-refractivity contribution is -0.143. The van der Waals surface area contributed by atoms with Crippen LogP contribution in [0, 0.1) is 5.92 Å². The van der Waals surface area contributed by atoms with E-state index in [1.165, 1.54) is 0 Å². The predicted octanol–water partition coefficient (Wildman–Crippen LogP) is 0.631. The van der Waals surface area contributed by atoms with E-state index in [1.807, 2.05) is 6.92 Å². The summed E-state index contributed by atoms with van der Waals surface area (Å²) in [6.45, 7) is 2.35. The third-order valence-electron chi connectivity index (χ3n) is 2.69. The number of aliphatic hydroxyl groups is 1. The minimum atomic E-state index is -0.354. The number of carbonyl (C=O) groups excluding carboxylic acids is 1. The van der Waals surface area contributed by atoms with Crippen LogP contribution in [-0.4, -0.2) is 23.8 Å². The van der Waals surface area contributed by atoms with Gasteiger partial charge in [0.25, 0.3) is 0 Å². The molecule has 1 N–H and O–H groups in total. The number of aliphatic hydroxyl groups excluding tert-OH is 1. The lowest BCUT2D eigenvalue weighted by atomic mass is 9.94. The van der Waals surface area contributed by atoms with Gasteiger partial charge in [0.1, 0.15) is 0 Å². The molecule has 2 unspecified atom stereocenters. The molecule has 1 aliphatic heterocycles. The summed E-state index contributed by atoms with van der Waals surface area (Å²) in [7, 11) is 0. The third kappa shape index (κ3) is 0.966. The Labute approximate surface area is 71.0 Å². The van der Waals surface area contributed by atoms with E-state index < -0.39 is 0 Å². The Kier molecular flexibility index (Phi) is 1.68. The van der Waals surface area contributed by atoms with Crippen LogP contribution in [0.25, 0.3) is 0 Å². The molecule has 1 fully saturated rings. The number of esters is 1. The fraction of sp³-hybridized carbons (Fsp3) is 0.667. The van der Waals surface area contributed by atoms with Crippen LogP contribution in [0.5, 0.6) is 0 Å². The van der Waals surface area contributed by atoms with Crippen LogP contribution >= 0.6 is 0 Å². The van der Waals surface area contributed by atoms with Crippen molar-refractivity contribution in [3.8, 4) is 0 Å². The molecule has 1 heterocycles. The maximum Gasteiger partial charge on any atom is 0.334 e. The minimum Gasteiger partial charge on any atom is -0.462 e. The highest BCUT2D eigenvalue weighted by atomic mass is 16.5. The average Bonchev–Trinajstić information content (AvgIpc) is 2.29. The van der Waals surface area contributed by atoms with Crippen molar-refractivity contribution in [2.75, 3.05) is 6.61 Å². The Balaban J connectivity index is 2.33. The molecule has 3 nitrogen and oxygen atoms in total. The highest BCUT2D eigenvalue weighted by Crippen LogP contribution is 2.37.